The minimum absolute atomic E-state index is 0. The summed E-state index contributed by atoms with van der Waals surface area (Å²) in [5.41, 5.74) is 0. The summed E-state index contributed by atoms with van der Waals surface area (Å²) in [6, 6.07) is 0. The van der Waals surface area contributed by atoms with Gasteiger partial charge in [0.1, 0.15) is 0 Å². The van der Waals surface area contributed by atoms with Gasteiger partial charge in [0.2, 0.25) is 0 Å². The van der Waals surface area contributed by atoms with E-state index in [2.05, 4.69) is 0 Å². The van der Waals surface area contributed by atoms with Gasteiger partial charge in [-0.15, -0.1) is 0 Å². The summed E-state index contributed by atoms with van der Waals surface area (Å²) >= 11 is 0. The summed E-state index contributed by atoms with van der Waals surface area (Å²) in [5, 5.41) is 27.4. The molecule has 6 nitrogen and oxygen atoms in total. The normalized spacial score (nSPS) is 22.8. The Hall–Kier alpha value is 4.48. The van der Waals surface area contributed by atoms with E-state index in [9.17, 15) is 29.7 Å². The van der Waals surface area contributed by atoms with E-state index < -0.39 is 42.8 Å². The van der Waals surface area contributed by atoms with Crippen LogP contribution in [0.4, 0.5) is 14.4 Å². The van der Waals surface area contributed by atoms with E-state index in [0.29, 0.717) is 0 Å². The molecule has 0 aromatic heterocycles. The van der Waals surface area contributed by atoms with Crippen LogP contribution in [0, 0.1) is 0 Å². The zero-order valence-corrected chi connectivity index (χ0v) is 25.7. The third-order valence-corrected chi connectivity index (χ3v) is 46.4. The van der Waals surface area contributed by atoms with E-state index in [-0.39, 0.29) is 24.4 Å². The molecule has 0 aromatic rings. The molecular weight excluding hydrogens is 735 g/mol. The number of hydrogen-bond acceptors (Lipinski definition) is 18. The molecule has 0 atom stereocenters. The summed E-state index contributed by atoms with van der Waals surface area (Å²) in [6.45, 7) is 0. The second-order valence-electron chi connectivity index (χ2n) is 2.42. The summed E-state index contributed by atoms with van der Waals surface area (Å²) < 4.78 is 0. The van der Waals surface area contributed by atoms with Crippen molar-refractivity contribution in [2.24, 2.45) is 0 Å². The van der Waals surface area contributed by atoms with Gasteiger partial charge in [0.25, 0.3) is 0 Å². The number of rotatable bonds is 0. The second-order valence-corrected chi connectivity index (χ2v) is 36.0. The molecule has 0 aliphatic carbocycles. The number of thiol groups is 3. The molecule has 0 spiro atoms. The molecule has 3 aliphatic heterocycles. The second kappa shape index (κ2) is 18.1. The molecule has 3 fully saturated rings. The van der Waals surface area contributed by atoms with E-state index in [0.717, 1.165) is 0 Å². The third-order valence-electron chi connectivity index (χ3n) is 1.12. The Morgan fingerprint density at radius 2 is 0.640 bits per heavy atom. The van der Waals surface area contributed by atoms with E-state index in [1.165, 1.54) is 118 Å². The predicted molar refractivity (Wildman–Crippen MR) is 140 cm³/mol. The van der Waals surface area contributed by atoms with Gasteiger partial charge in [0.05, 0.1) is 15.9 Å². The maximum atomic E-state index is 10.1. The largest absolute Gasteiger partial charge is 3.00 e. The molecule has 0 saturated carbocycles. The average Bonchev–Trinajstić information content (AvgIpc) is 3.29. The van der Waals surface area contributed by atoms with Gasteiger partial charge in [0, 0.05) is 0 Å². The van der Waals surface area contributed by atoms with Gasteiger partial charge >= 0.3 is 24.4 Å². The van der Waals surface area contributed by atoms with E-state index >= 15 is 0 Å². The maximum Gasteiger partial charge on any atom is 3.00 e. The average molecular weight is 738 g/mol. The quantitative estimate of drug-likeness (QED) is 0.172. The molecule has 3 rings (SSSR count). The molecule has 3 heterocycles. The number of carboxylic acid groups (broad SMARTS) is 3. The van der Waals surface area contributed by atoms with E-state index in [1.807, 2.05) is 0 Å². The van der Waals surface area contributed by atoms with Crippen molar-refractivity contribution in [3.63, 3.8) is 0 Å². The third kappa shape index (κ3) is 14.2. The van der Waals surface area contributed by atoms with E-state index in [1.54, 1.807) is 0 Å². The Kier molecular flexibility index (Phi) is 21.3. The van der Waals surface area contributed by atoms with Crippen LogP contribution < -0.4 is 15.3 Å². The van der Waals surface area contributed by atoms with Gasteiger partial charge in [-0.2, -0.15) is 0 Å². The van der Waals surface area contributed by atoms with Gasteiger partial charge in [-0.05, 0) is 118 Å². The maximum absolute atomic E-state index is 10.1. The molecule has 0 unspecified atom stereocenters. The first kappa shape index (κ1) is 29.5. The Labute approximate surface area is 211 Å². The van der Waals surface area contributed by atoms with Gasteiger partial charge in [-0.3, -0.25) is 0 Å². The zero-order chi connectivity index (χ0) is 17.9. The van der Waals surface area contributed by atoms with Crippen molar-refractivity contribution in [1.82, 2.24) is 0 Å². The van der Waals surface area contributed by atoms with Crippen LogP contribution in [0.1, 0.15) is 0 Å². The fraction of sp³-hybridized carbons (Fsp3) is 0. The van der Waals surface area contributed by atoms with Crippen molar-refractivity contribution in [3.8, 4) is 0 Å². The minimum Gasteiger partial charge on any atom is -0.538 e. The first-order valence-electron chi connectivity index (χ1n) is 4.49. The molecule has 0 amide bonds. The summed E-state index contributed by atoms with van der Waals surface area (Å²) in [6.07, 6.45) is 0. The molecular formula is C3H3O6S15Sb. The molecule has 22 heteroatoms. The summed E-state index contributed by atoms with van der Waals surface area (Å²) in [7, 11) is 14.6. The molecule has 2 radical (unpaired) electrons. The number of carbonyl (C=O) groups excluding carboxylic acids is 3. The SMILES string of the molecule is O=C([O-])[SH]1SSSS1.O=C([O-])[SH]1SSSS1.O=C([O-])[SH]1SSSS1.[Sb+3]. The predicted octanol–water partition coefficient (Wildman–Crippen LogP) is 5.18. The van der Waals surface area contributed by atoms with Crippen LogP contribution in [0.25, 0.3) is 0 Å². The van der Waals surface area contributed by atoms with Crippen LogP contribution in [-0.2, 0) is 0 Å². The van der Waals surface area contributed by atoms with Gasteiger partial charge < -0.3 is 29.7 Å². The standard InChI is InChI=1S/3CH2O2S5.Sb/c3*2-1(3)8-6-4-5-7-8;/h3*8H,(H,2,3);/q;;;+3/p-3. The molecule has 25 heavy (non-hydrogen) atoms. The van der Waals surface area contributed by atoms with Crippen LogP contribution in [-0.4, -0.2) is 40.3 Å². The topological polar surface area (TPSA) is 120 Å². The first-order valence-corrected chi connectivity index (χ1v) is 26.6. The Morgan fingerprint density at radius 1 is 0.480 bits per heavy atom. The fourth-order valence-corrected chi connectivity index (χ4v) is 57.6. The molecule has 0 aromatic carbocycles. The number of hydrogen-bond donors (Lipinski definition) is 3. The van der Waals surface area contributed by atoms with Crippen LogP contribution in [0.15, 0.2) is 0 Å². The molecule has 146 valence electrons. The van der Waals surface area contributed by atoms with Crippen molar-refractivity contribution in [3.05, 3.63) is 0 Å². The van der Waals surface area contributed by atoms with Crippen molar-refractivity contribution in [2.45, 2.75) is 0 Å². The molecule has 3 aliphatic rings. The van der Waals surface area contributed by atoms with Crippen molar-refractivity contribution in [2.75, 3.05) is 0 Å². The smallest absolute Gasteiger partial charge is 0.538 e. The van der Waals surface area contributed by atoms with E-state index in [4.69, 9.17) is 0 Å². The number of carbonyl (C=O) groups is 3. The van der Waals surface area contributed by atoms with Gasteiger partial charge in [0.15, 0.2) is 0 Å². The monoisotopic (exact) mass is 735 g/mol. The zero-order valence-electron chi connectivity index (χ0n) is 10.6. The van der Waals surface area contributed by atoms with Crippen LogP contribution in [0.5, 0.6) is 0 Å². The Bertz CT molecular complexity index is 358. The van der Waals surface area contributed by atoms with Crippen LogP contribution >= 0.6 is 145 Å². The van der Waals surface area contributed by atoms with Crippen LogP contribution in [0.3, 0.4) is 0 Å². The fourth-order valence-electron chi connectivity index (χ4n) is 0.460. The van der Waals surface area contributed by atoms with Gasteiger partial charge in [-0.25, -0.2) is 0 Å². The van der Waals surface area contributed by atoms with Crippen molar-refractivity contribution < 1.29 is 29.7 Å². The molecule has 3 saturated heterocycles. The molecule has 0 N–H and O–H groups in total. The van der Waals surface area contributed by atoms with Crippen LogP contribution in [0.2, 0.25) is 0 Å². The van der Waals surface area contributed by atoms with Gasteiger partial charge in [-0.1, -0.05) is 26.9 Å². The molecule has 0 bridgehead atoms. The minimum atomic E-state index is -0.939. The van der Waals surface area contributed by atoms with Crippen molar-refractivity contribution >= 4 is 185 Å². The Morgan fingerprint density at radius 3 is 0.720 bits per heavy atom. The summed E-state index contributed by atoms with van der Waals surface area (Å²) in [5.74, 6) is 0. The van der Waals surface area contributed by atoms with Crippen molar-refractivity contribution in [1.29, 1.82) is 0 Å². The Balaban J connectivity index is 0.000000339. The first-order chi connectivity index (χ1) is 11.4. The summed E-state index contributed by atoms with van der Waals surface area (Å²) in [4.78, 5) is 30.2.